The molecule has 3 N–H and O–H groups in total. The van der Waals surface area contributed by atoms with E-state index in [0.717, 1.165) is 70.9 Å². The summed E-state index contributed by atoms with van der Waals surface area (Å²) in [5, 5.41) is 14.6. The number of hydrogen-bond donors (Lipinski definition) is 3. The standard InChI is InChI=1S/C9H11N.3C8H9N.C8H8O.C8H8S.C7H6N2.C7H5NO.C7H5NS.C7H6O2.20C2H6/c1-2-6-9-8(4-1)5-3-7-10-9;1-3-7-4-2-6-9-8(7)5-1;1-2-7-4-5-9-6-8(7)3-1;3*1-2-4-8-7(3-1)5-6-9-8;1-2-4-7-6(3-1)5-8-9-7;3*1-2-4-7-6(3-1)8-5-9-7;20*1-2/h1-2,4,6,10H,3,5,7H2;2,4,6H,1,3,5H2;4-6H,1-3H2;1-4,9H,5-6H2;2*1-4H,5-6H2;1-5H,(H,8,9);2*1-5H;1-4H,5H2;20*1-2H3. The minimum Gasteiger partial charge on any atom is -0.493 e. The molecule has 10 heterocycles. The van der Waals surface area contributed by atoms with E-state index >= 15 is 0 Å². The molecular weight excluding hydrogens is 1650 g/mol. The van der Waals surface area contributed by atoms with Crippen LogP contribution in [0.15, 0.2) is 258 Å². The van der Waals surface area contributed by atoms with Crippen molar-refractivity contribution in [3.8, 4) is 17.2 Å². The van der Waals surface area contributed by atoms with Gasteiger partial charge in [0.15, 0.2) is 23.5 Å². The number of para-hydroxylation sites is 9. The summed E-state index contributed by atoms with van der Waals surface area (Å²) in [4.78, 5) is 17.9. The molecule has 5 aliphatic heterocycles. The largest absolute Gasteiger partial charge is 0.493 e. The zero-order chi connectivity index (χ0) is 102. The third-order valence-electron chi connectivity index (χ3n) is 15.7. The summed E-state index contributed by atoms with van der Waals surface area (Å²) in [6.45, 7) is 83.5. The maximum absolute atomic E-state index is 5.30. The van der Waals surface area contributed by atoms with Gasteiger partial charge < -0.3 is 29.3 Å². The lowest BCUT2D eigenvalue weighted by molar-refractivity contribution is 0.174. The number of H-pyrrole nitrogens is 1. The number of rotatable bonds is 0. The molecule has 0 amide bonds. The molecule has 8 aromatic carbocycles. The lowest BCUT2D eigenvalue weighted by Gasteiger charge is -2.16. The maximum atomic E-state index is 5.30. The molecule has 0 unspecified atom stereocenters. The molecule has 0 saturated heterocycles. The normalized spacial score (nSPS) is 10.4. The molecule has 7 aliphatic rings. The number of nitrogens with zero attached hydrogens (tertiary/aromatic N) is 5. The first-order chi connectivity index (χ1) is 65.2. The van der Waals surface area contributed by atoms with Gasteiger partial charge in [0.25, 0.3) is 0 Å². The number of aromatic nitrogens is 6. The number of thioether (sulfide) groups is 1. The van der Waals surface area contributed by atoms with Crippen molar-refractivity contribution in [1.29, 1.82) is 0 Å². The molecule has 0 bridgehead atoms. The number of ether oxygens (including phenoxy) is 3. The van der Waals surface area contributed by atoms with E-state index in [1.807, 2.05) is 434 Å². The summed E-state index contributed by atoms with van der Waals surface area (Å²) in [5.41, 5.74) is 20.0. The van der Waals surface area contributed by atoms with Crippen molar-refractivity contribution in [2.75, 3.05) is 42.9 Å². The second-order valence-electron chi connectivity index (χ2n) is 21.8. The van der Waals surface area contributed by atoms with Crippen LogP contribution in [0.1, 0.15) is 341 Å². The topological polar surface area (TPSA) is 145 Å². The number of anilines is 2. The van der Waals surface area contributed by atoms with E-state index < -0.39 is 0 Å². The van der Waals surface area contributed by atoms with E-state index in [-0.39, 0.29) is 0 Å². The van der Waals surface area contributed by atoms with Crippen molar-refractivity contribution in [1.82, 2.24) is 30.1 Å². The number of aromatic amines is 1. The third-order valence-corrected chi connectivity index (χ3v) is 17.7. The Kier molecular flexibility index (Phi) is 126. The predicted molar refractivity (Wildman–Crippen MR) is 600 cm³/mol. The number of aryl methyl sites for hydroxylation is 6. The fourth-order valence-electron chi connectivity index (χ4n) is 11.0. The van der Waals surface area contributed by atoms with Crippen LogP contribution in [0.4, 0.5) is 11.4 Å². The SMILES string of the molecule is CC.CC.CC.CC.CC.CC.CC.CC.CC.CC.CC.CC.CC.CC.CC.CC.CC.CC.CC.CC.c1cc2c(cn1)CCC2.c1ccc2[nH]ncc2c1.c1ccc2c(c1)CCCN2.c1ccc2c(c1)CCN2.c1ccc2c(c1)CCO2.c1ccc2c(c1)CCS2.c1ccc2c(c1)OCO2.c1ccc2ocnc2c1.c1ccc2scnc2c1.c1cnc2c(c1)CCC2. The fourth-order valence-corrected chi connectivity index (χ4v) is 12.7. The van der Waals surface area contributed by atoms with Crippen LogP contribution in [-0.2, 0) is 51.4 Å². The Bertz CT molecular complexity index is 3510. The van der Waals surface area contributed by atoms with Gasteiger partial charge in [-0.1, -0.05) is 410 Å². The highest BCUT2D eigenvalue weighted by atomic mass is 32.2. The van der Waals surface area contributed by atoms with E-state index in [2.05, 4.69) is 138 Å². The summed E-state index contributed by atoms with van der Waals surface area (Å²) in [7, 11) is 0. The minimum atomic E-state index is 0.360. The van der Waals surface area contributed by atoms with E-state index in [1.54, 1.807) is 11.3 Å². The first-order valence-electron chi connectivity index (χ1n) is 51.4. The molecule has 5 aromatic heterocycles. The van der Waals surface area contributed by atoms with Crippen LogP contribution in [-0.4, -0.2) is 62.4 Å². The first-order valence-corrected chi connectivity index (χ1v) is 53.2. The Hall–Kier alpha value is -9.76. The van der Waals surface area contributed by atoms with Crippen molar-refractivity contribution in [2.24, 2.45) is 0 Å². The van der Waals surface area contributed by atoms with E-state index in [4.69, 9.17) is 18.6 Å². The predicted octanol–water partition coefficient (Wildman–Crippen LogP) is 38.4. The number of pyridine rings is 2. The van der Waals surface area contributed by atoms with Gasteiger partial charge in [0, 0.05) is 71.2 Å². The van der Waals surface area contributed by atoms with Gasteiger partial charge in [-0.25, -0.2) is 9.97 Å². The average molecular weight is 1840 g/mol. The summed E-state index contributed by atoms with van der Waals surface area (Å²) in [6.07, 6.45) is 22.6. The second-order valence-corrected chi connectivity index (χ2v) is 23.9. The molecule has 0 fully saturated rings. The van der Waals surface area contributed by atoms with Crippen LogP contribution in [0.3, 0.4) is 0 Å². The molecule has 14 heteroatoms. The zero-order valence-electron chi connectivity index (χ0n) is 91.2. The van der Waals surface area contributed by atoms with Gasteiger partial charge in [-0.2, -0.15) is 5.10 Å². The Balaban J connectivity index is -0.000000149. The summed E-state index contributed by atoms with van der Waals surface area (Å²) in [6, 6.07) is 71.6. The Morgan fingerprint density at radius 3 is 1.29 bits per heavy atom. The Morgan fingerprint density at radius 1 is 0.305 bits per heavy atom. The minimum absolute atomic E-state index is 0.360. The Labute approximate surface area is 816 Å². The smallest absolute Gasteiger partial charge is 0.231 e. The van der Waals surface area contributed by atoms with Crippen LogP contribution in [0.25, 0.3) is 32.2 Å². The first kappa shape index (κ1) is 142. The summed E-state index contributed by atoms with van der Waals surface area (Å²) < 4.78 is 21.7. The van der Waals surface area contributed by atoms with E-state index in [1.165, 1.54) is 142 Å². The van der Waals surface area contributed by atoms with Gasteiger partial charge >= 0.3 is 0 Å². The van der Waals surface area contributed by atoms with Gasteiger partial charge in [0.1, 0.15) is 11.3 Å². The molecule has 0 saturated carbocycles. The van der Waals surface area contributed by atoms with Crippen molar-refractivity contribution in [3.63, 3.8) is 0 Å². The molecule has 20 rings (SSSR count). The van der Waals surface area contributed by atoms with Crippen LogP contribution in [0, 0.1) is 0 Å². The van der Waals surface area contributed by atoms with Crippen molar-refractivity contribution >= 4 is 66.7 Å². The maximum Gasteiger partial charge on any atom is 0.231 e. The fraction of sp³-hybridized carbons (Fsp3) is 0.479. The third kappa shape index (κ3) is 64.7. The van der Waals surface area contributed by atoms with Crippen LogP contribution in [0.2, 0.25) is 0 Å². The van der Waals surface area contributed by atoms with Crippen molar-refractivity contribution in [2.45, 2.75) is 352 Å². The zero-order valence-corrected chi connectivity index (χ0v) is 92.8. The van der Waals surface area contributed by atoms with E-state index in [0.29, 0.717) is 6.79 Å². The monoisotopic (exact) mass is 1840 g/mol. The van der Waals surface area contributed by atoms with Crippen molar-refractivity contribution in [3.05, 3.63) is 294 Å². The molecule has 12 nitrogen and oxygen atoms in total. The lowest BCUT2D eigenvalue weighted by atomic mass is 10.0. The van der Waals surface area contributed by atoms with Crippen LogP contribution in [0.5, 0.6) is 17.2 Å². The van der Waals surface area contributed by atoms with Crippen LogP contribution < -0.4 is 24.8 Å². The highest BCUT2D eigenvalue weighted by Gasteiger charge is 2.13. The van der Waals surface area contributed by atoms with Gasteiger partial charge in [0.2, 0.25) is 6.79 Å². The summed E-state index contributed by atoms with van der Waals surface area (Å²) in [5.74, 6) is 4.03. The lowest BCUT2D eigenvalue weighted by Crippen LogP contribution is -2.10. The van der Waals surface area contributed by atoms with Crippen LogP contribution >= 0.6 is 23.1 Å². The molecule has 0 radical (unpaired) electrons. The molecule has 131 heavy (non-hydrogen) atoms. The quantitative estimate of drug-likeness (QED) is 0.133. The van der Waals surface area contributed by atoms with Crippen molar-refractivity contribution < 1.29 is 18.6 Å². The number of oxazole rings is 1. The molecule has 0 spiro atoms. The average Bonchev–Trinajstić information content (AvgIpc) is 1.76. The number of thiazole rings is 1. The van der Waals surface area contributed by atoms with Gasteiger partial charge in [0.05, 0.1) is 34.0 Å². The van der Waals surface area contributed by atoms with Gasteiger partial charge in [-0.05, 0) is 182 Å². The molecule has 2 aliphatic carbocycles. The van der Waals surface area contributed by atoms with E-state index in [9.17, 15) is 0 Å². The highest BCUT2D eigenvalue weighted by Crippen LogP contribution is 2.32. The summed E-state index contributed by atoms with van der Waals surface area (Å²) >= 11 is 3.64. The number of fused-ring (bicyclic) bond motifs is 10. The Morgan fingerprint density at radius 2 is 0.756 bits per heavy atom. The highest BCUT2D eigenvalue weighted by molar-refractivity contribution is 7.99. The number of hydrogen-bond acceptors (Lipinski definition) is 13. The molecule has 13 aromatic rings. The molecule has 0 atom stereocenters. The molecular formula is C117H196N8O4S2. The molecule has 740 valence electrons. The number of benzene rings is 8. The van der Waals surface area contributed by atoms with Gasteiger partial charge in [-0.15, -0.1) is 23.1 Å². The number of nitrogens with one attached hydrogen (secondary N) is 3. The van der Waals surface area contributed by atoms with Gasteiger partial charge in [-0.3, -0.25) is 15.1 Å². The second kappa shape index (κ2) is 116.